The number of hydrogen-bond donors (Lipinski definition) is 3. The molecule has 2 rings (SSSR count). The number of nitrogens with one attached hydrogen (secondary N) is 1. The number of aryl methyl sites for hydroxylation is 2. The molecule has 0 aliphatic rings. The zero-order valence-electron chi connectivity index (χ0n) is 11.0. The van der Waals surface area contributed by atoms with Crippen LogP contribution in [-0.4, -0.2) is 9.78 Å². The van der Waals surface area contributed by atoms with Crippen LogP contribution in [0, 0.1) is 6.92 Å². The predicted molar refractivity (Wildman–Crippen MR) is 77.6 cm³/mol. The molecule has 19 heavy (non-hydrogen) atoms. The van der Waals surface area contributed by atoms with Crippen molar-refractivity contribution in [1.29, 1.82) is 0 Å². The maximum atomic E-state index is 6.26. The van der Waals surface area contributed by atoms with Gasteiger partial charge in [-0.1, -0.05) is 29.8 Å². The molecule has 5 nitrogen and oxygen atoms in total. The molecule has 2 aromatic rings. The number of halogens is 1. The Labute approximate surface area is 117 Å². The van der Waals surface area contributed by atoms with Crippen LogP contribution in [0.2, 0.25) is 5.02 Å². The van der Waals surface area contributed by atoms with Crippen LogP contribution < -0.4 is 17.0 Å². The summed E-state index contributed by atoms with van der Waals surface area (Å²) in [6.07, 6.45) is 0.626. The quantitative estimate of drug-likeness (QED) is 0.452. The van der Waals surface area contributed by atoms with E-state index in [-0.39, 0.29) is 6.04 Å². The van der Waals surface area contributed by atoms with Gasteiger partial charge >= 0.3 is 0 Å². The number of hydrazine groups is 1. The molecular formula is C13H18ClN5. The van der Waals surface area contributed by atoms with Gasteiger partial charge in [-0.3, -0.25) is 16.0 Å². The van der Waals surface area contributed by atoms with Gasteiger partial charge in [0.1, 0.15) is 0 Å². The molecule has 0 aliphatic carbocycles. The van der Waals surface area contributed by atoms with Crippen molar-refractivity contribution in [1.82, 2.24) is 15.2 Å². The molecule has 1 aromatic carbocycles. The number of hydrogen-bond acceptors (Lipinski definition) is 4. The Kier molecular flexibility index (Phi) is 4.09. The number of nitrogens with two attached hydrogens (primary N) is 2. The normalized spacial score (nSPS) is 12.6. The third-order valence-corrected chi connectivity index (χ3v) is 3.72. The van der Waals surface area contributed by atoms with Gasteiger partial charge in [0.25, 0.3) is 0 Å². The number of nitrogen functional groups attached to an aromatic ring is 1. The maximum absolute atomic E-state index is 6.26. The SMILES string of the molecule is Cc1nn(C)c(CC(NN)c2ccccc2N)c1Cl. The van der Waals surface area contributed by atoms with Crippen molar-refractivity contribution in [3.05, 3.63) is 46.2 Å². The molecule has 0 spiro atoms. The summed E-state index contributed by atoms with van der Waals surface area (Å²) in [4.78, 5) is 0. The summed E-state index contributed by atoms with van der Waals surface area (Å²) in [6.45, 7) is 1.88. The van der Waals surface area contributed by atoms with E-state index < -0.39 is 0 Å². The fraction of sp³-hybridized carbons (Fsp3) is 0.308. The number of para-hydroxylation sites is 1. The lowest BCUT2D eigenvalue weighted by Gasteiger charge is -2.18. The summed E-state index contributed by atoms with van der Waals surface area (Å²) >= 11 is 6.26. The average molecular weight is 280 g/mol. The first-order chi connectivity index (χ1) is 9.04. The summed E-state index contributed by atoms with van der Waals surface area (Å²) in [5, 5.41) is 4.98. The highest BCUT2D eigenvalue weighted by Gasteiger charge is 2.19. The standard InChI is InChI=1S/C13H18ClN5/c1-8-13(14)12(19(2)18-8)7-11(17-16)9-5-3-4-6-10(9)15/h3-6,11,17H,7,15-16H2,1-2H3. The highest BCUT2D eigenvalue weighted by Crippen LogP contribution is 2.27. The highest BCUT2D eigenvalue weighted by atomic mass is 35.5. The number of anilines is 1. The second-order valence-electron chi connectivity index (χ2n) is 4.52. The molecule has 0 saturated carbocycles. The molecule has 0 saturated heterocycles. The van der Waals surface area contributed by atoms with Gasteiger partial charge in [0.2, 0.25) is 0 Å². The van der Waals surface area contributed by atoms with Gasteiger partial charge in [-0.15, -0.1) is 0 Å². The number of benzene rings is 1. The van der Waals surface area contributed by atoms with E-state index in [4.69, 9.17) is 23.2 Å². The third kappa shape index (κ3) is 2.73. The molecule has 0 fully saturated rings. The first-order valence-corrected chi connectivity index (χ1v) is 6.41. The predicted octanol–water partition coefficient (Wildman–Crippen LogP) is 1.71. The minimum atomic E-state index is -0.103. The lowest BCUT2D eigenvalue weighted by atomic mass is 10.0. The van der Waals surface area contributed by atoms with Crippen LogP contribution in [0.25, 0.3) is 0 Å². The van der Waals surface area contributed by atoms with Crippen molar-refractivity contribution in [2.75, 3.05) is 5.73 Å². The number of nitrogens with zero attached hydrogens (tertiary/aromatic N) is 2. The third-order valence-electron chi connectivity index (χ3n) is 3.23. The first kappa shape index (κ1) is 13.9. The van der Waals surface area contributed by atoms with Crippen LogP contribution in [-0.2, 0) is 13.5 Å². The second kappa shape index (κ2) is 5.61. The molecule has 0 aliphatic heterocycles. The van der Waals surface area contributed by atoms with Crippen molar-refractivity contribution in [3.8, 4) is 0 Å². The fourth-order valence-electron chi connectivity index (χ4n) is 2.18. The Balaban J connectivity index is 2.32. The van der Waals surface area contributed by atoms with Gasteiger partial charge in [-0.25, -0.2) is 0 Å². The zero-order chi connectivity index (χ0) is 14.0. The molecule has 102 valence electrons. The Hall–Kier alpha value is -1.56. The minimum absolute atomic E-state index is 0.103. The van der Waals surface area contributed by atoms with Gasteiger partial charge < -0.3 is 5.73 Å². The fourth-order valence-corrected chi connectivity index (χ4v) is 2.42. The van der Waals surface area contributed by atoms with E-state index >= 15 is 0 Å². The molecule has 6 heteroatoms. The highest BCUT2D eigenvalue weighted by molar-refractivity contribution is 6.31. The van der Waals surface area contributed by atoms with Crippen molar-refractivity contribution < 1.29 is 0 Å². The van der Waals surface area contributed by atoms with Crippen molar-refractivity contribution in [2.24, 2.45) is 12.9 Å². The lowest BCUT2D eigenvalue weighted by molar-refractivity contribution is 0.531. The molecule has 1 heterocycles. The van der Waals surface area contributed by atoms with Gasteiger partial charge in [-0.2, -0.15) is 5.10 Å². The minimum Gasteiger partial charge on any atom is -0.398 e. The summed E-state index contributed by atoms with van der Waals surface area (Å²) in [5.41, 5.74) is 12.2. The number of aromatic nitrogens is 2. The molecule has 1 unspecified atom stereocenters. The molecule has 5 N–H and O–H groups in total. The lowest BCUT2D eigenvalue weighted by Crippen LogP contribution is -2.30. The van der Waals surface area contributed by atoms with Gasteiger partial charge in [0.15, 0.2) is 0 Å². The monoisotopic (exact) mass is 279 g/mol. The summed E-state index contributed by atoms with van der Waals surface area (Å²) < 4.78 is 1.78. The Morgan fingerprint density at radius 2 is 2.11 bits per heavy atom. The molecule has 0 radical (unpaired) electrons. The van der Waals surface area contributed by atoms with E-state index in [1.54, 1.807) is 4.68 Å². The van der Waals surface area contributed by atoms with Crippen LogP contribution >= 0.6 is 11.6 Å². The molecular weight excluding hydrogens is 262 g/mol. The van der Waals surface area contributed by atoms with E-state index in [1.165, 1.54) is 0 Å². The largest absolute Gasteiger partial charge is 0.398 e. The van der Waals surface area contributed by atoms with Gasteiger partial charge in [-0.05, 0) is 18.6 Å². The molecule has 0 bridgehead atoms. The van der Waals surface area contributed by atoms with Gasteiger partial charge in [0, 0.05) is 19.2 Å². The van der Waals surface area contributed by atoms with Crippen molar-refractivity contribution in [2.45, 2.75) is 19.4 Å². The zero-order valence-corrected chi connectivity index (χ0v) is 11.8. The number of rotatable bonds is 4. The topological polar surface area (TPSA) is 81.9 Å². The summed E-state index contributed by atoms with van der Waals surface area (Å²) in [6, 6.07) is 7.54. The van der Waals surface area contributed by atoms with E-state index in [9.17, 15) is 0 Å². The smallest absolute Gasteiger partial charge is 0.0847 e. The summed E-state index contributed by atoms with van der Waals surface area (Å²) in [7, 11) is 1.87. The van der Waals surface area contributed by atoms with E-state index in [0.717, 1.165) is 17.0 Å². The van der Waals surface area contributed by atoms with E-state index in [1.807, 2.05) is 38.2 Å². The second-order valence-corrected chi connectivity index (χ2v) is 4.90. The first-order valence-electron chi connectivity index (χ1n) is 6.03. The Bertz CT molecular complexity index is 578. The van der Waals surface area contributed by atoms with E-state index in [2.05, 4.69) is 10.5 Å². The van der Waals surface area contributed by atoms with Crippen LogP contribution in [0.4, 0.5) is 5.69 Å². The molecule has 1 aromatic heterocycles. The van der Waals surface area contributed by atoms with Crippen LogP contribution in [0.5, 0.6) is 0 Å². The van der Waals surface area contributed by atoms with Crippen LogP contribution in [0.3, 0.4) is 0 Å². The molecule has 1 atom stereocenters. The van der Waals surface area contributed by atoms with Gasteiger partial charge in [0.05, 0.1) is 22.5 Å². The van der Waals surface area contributed by atoms with Crippen LogP contribution in [0.1, 0.15) is 23.0 Å². The summed E-state index contributed by atoms with van der Waals surface area (Å²) in [5.74, 6) is 5.65. The Morgan fingerprint density at radius 1 is 1.42 bits per heavy atom. The van der Waals surface area contributed by atoms with Crippen LogP contribution in [0.15, 0.2) is 24.3 Å². The van der Waals surface area contributed by atoms with Crippen molar-refractivity contribution >= 4 is 17.3 Å². The van der Waals surface area contributed by atoms with E-state index in [0.29, 0.717) is 17.1 Å². The molecule has 0 amide bonds. The van der Waals surface area contributed by atoms with Crippen molar-refractivity contribution in [3.63, 3.8) is 0 Å². The maximum Gasteiger partial charge on any atom is 0.0847 e. The Morgan fingerprint density at radius 3 is 2.63 bits per heavy atom. The average Bonchev–Trinajstić information content (AvgIpc) is 2.63.